The first-order chi connectivity index (χ1) is 17.3. The first-order valence-electron chi connectivity index (χ1n) is 12.2. The molecule has 0 saturated carbocycles. The van der Waals surface area contributed by atoms with Crippen molar-refractivity contribution in [2.24, 2.45) is 11.7 Å². The number of hydrogen-bond acceptors (Lipinski definition) is 4. The van der Waals surface area contributed by atoms with Gasteiger partial charge in [-0.3, -0.25) is 9.36 Å². The van der Waals surface area contributed by atoms with Crippen LogP contribution in [0, 0.1) is 12.8 Å². The summed E-state index contributed by atoms with van der Waals surface area (Å²) in [6.45, 7) is 7.28. The Kier molecular flexibility index (Phi) is 7.91. The lowest BCUT2D eigenvalue weighted by molar-refractivity contribution is 0.0609. The van der Waals surface area contributed by atoms with E-state index in [1.54, 1.807) is 28.8 Å². The molecule has 4 aromatic rings. The van der Waals surface area contributed by atoms with Gasteiger partial charge in [0.1, 0.15) is 0 Å². The van der Waals surface area contributed by atoms with Gasteiger partial charge in [0.2, 0.25) is 0 Å². The molecule has 0 aliphatic rings. The number of hydrogen-bond donors (Lipinski definition) is 1. The van der Waals surface area contributed by atoms with Crippen molar-refractivity contribution < 1.29 is 4.79 Å². The normalized spacial score (nSPS) is 12.3. The number of benzene rings is 2. The summed E-state index contributed by atoms with van der Waals surface area (Å²) in [6.07, 6.45) is 0.638. The predicted molar refractivity (Wildman–Crippen MR) is 143 cm³/mol. The summed E-state index contributed by atoms with van der Waals surface area (Å²) >= 11 is 6.07. The number of nitrogens with zero attached hydrogens (tertiary/aromatic N) is 4. The van der Waals surface area contributed by atoms with Gasteiger partial charge in [-0.1, -0.05) is 55.8 Å². The maximum atomic E-state index is 13.8. The molecule has 0 bridgehead atoms. The number of halogens is 1. The molecule has 2 N–H and O–H groups in total. The van der Waals surface area contributed by atoms with Crippen LogP contribution in [0.25, 0.3) is 5.52 Å². The molecular formula is C28H32ClN5O2. The first-order valence-corrected chi connectivity index (χ1v) is 12.6. The number of carbonyl (C=O) groups is 1. The van der Waals surface area contributed by atoms with Crippen molar-refractivity contribution in [3.05, 3.63) is 105 Å². The lowest BCUT2D eigenvalue weighted by Crippen LogP contribution is -2.42. The number of aromatic nitrogens is 3. The molecule has 8 heteroatoms. The van der Waals surface area contributed by atoms with Crippen molar-refractivity contribution in [3.8, 4) is 0 Å². The van der Waals surface area contributed by atoms with Crippen LogP contribution in [0.5, 0.6) is 0 Å². The fraction of sp³-hybridized carbons (Fsp3) is 0.321. The van der Waals surface area contributed by atoms with Crippen LogP contribution < -0.4 is 11.4 Å². The van der Waals surface area contributed by atoms with Crippen molar-refractivity contribution in [3.63, 3.8) is 0 Å². The van der Waals surface area contributed by atoms with E-state index >= 15 is 0 Å². The van der Waals surface area contributed by atoms with Crippen LogP contribution in [0.1, 0.15) is 53.6 Å². The second kappa shape index (κ2) is 11.1. The third-order valence-electron chi connectivity index (χ3n) is 6.29. The van der Waals surface area contributed by atoms with Crippen LogP contribution >= 0.6 is 11.6 Å². The Bertz CT molecular complexity index is 1390. The zero-order valence-electron chi connectivity index (χ0n) is 20.9. The molecule has 1 atom stereocenters. The van der Waals surface area contributed by atoms with Crippen LogP contribution in [-0.2, 0) is 6.54 Å². The van der Waals surface area contributed by atoms with E-state index in [0.29, 0.717) is 42.2 Å². The Morgan fingerprint density at radius 1 is 1.08 bits per heavy atom. The average Bonchev–Trinajstić information content (AvgIpc) is 3.24. The van der Waals surface area contributed by atoms with Gasteiger partial charge in [-0.2, -0.15) is 9.61 Å². The van der Waals surface area contributed by atoms with E-state index in [2.05, 4.69) is 18.9 Å². The van der Waals surface area contributed by atoms with Gasteiger partial charge < -0.3 is 10.6 Å². The second-order valence-corrected chi connectivity index (χ2v) is 9.82. The maximum Gasteiger partial charge on any atom is 0.349 e. The largest absolute Gasteiger partial charge is 0.349 e. The number of fused-ring (bicyclic) bond motifs is 1. The Labute approximate surface area is 216 Å². The van der Waals surface area contributed by atoms with Gasteiger partial charge in [0.05, 0.1) is 23.8 Å². The summed E-state index contributed by atoms with van der Waals surface area (Å²) in [5.74, 6) is -0.103. The van der Waals surface area contributed by atoms with Crippen LogP contribution in [-0.4, -0.2) is 38.1 Å². The summed E-state index contributed by atoms with van der Waals surface area (Å²) in [6, 6.07) is 20.2. The predicted octanol–water partition coefficient (Wildman–Crippen LogP) is 4.69. The van der Waals surface area contributed by atoms with E-state index in [1.807, 2.05) is 54.3 Å². The SMILES string of the molecule is Cc1cc2cc(C(C(C)C)N(CCCN)C(=O)c3ccc(Cl)cc3)n(Cc3ccccc3)c(=O)n2n1. The molecule has 0 aliphatic heterocycles. The third kappa shape index (κ3) is 5.37. The third-order valence-corrected chi connectivity index (χ3v) is 6.54. The second-order valence-electron chi connectivity index (χ2n) is 9.38. The van der Waals surface area contributed by atoms with E-state index < -0.39 is 0 Å². The minimum Gasteiger partial charge on any atom is -0.330 e. The fourth-order valence-corrected chi connectivity index (χ4v) is 4.77. The molecule has 0 spiro atoms. The molecule has 2 aromatic heterocycles. The van der Waals surface area contributed by atoms with Crippen molar-refractivity contribution in [1.82, 2.24) is 19.1 Å². The highest BCUT2D eigenvalue weighted by molar-refractivity contribution is 6.30. The van der Waals surface area contributed by atoms with Gasteiger partial charge in [-0.15, -0.1) is 0 Å². The van der Waals surface area contributed by atoms with Gasteiger partial charge in [0.25, 0.3) is 5.91 Å². The molecule has 2 heterocycles. The summed E-state index contributed by atoms with van der Waals surface area (Å²) in [4.78, 5) is 29.4. The number of nitrogens with two attached hydrogens (primary N) is 1. The summed E-state index contributed by atoms with van der Waals surface area (Å²) in [5.41, 5.74) is 9.40. The standard InChI is InChI=1S/C28H32ClN5O2/c1-19(2)26(32(15-7-14-30)27(35)22-10-12-23(29)13-11-22)25-17-24-16-20(3)31-34(24)28(36)33(25)18-21-8-5-4-6-9-21/h4-6,8-13,16-17,19,26H,7,14-15,18,30H2,1-3H3. The quantitative estimate of drug-likeness (QED) is 0.357. The molecule has 0 fully saturated rings. The smallest absolute Gasteiger partial charge is 0.330 e. The van der Waals surface area contributed by atoms with E-state index in [9.17, 15) is 9.59 Å². The van der Waals surface area contributed by atoms with Crippen LogP contribution in [0.3, 0.4) is 0 Å². The van der Waals surface area contributed by atoms with Gasteiger partial charge in [0, 0.05) is 22.8 Å². The molecule has 0 aliphatic carbocycles. The summed E-state index contributed by atoms with van der Waals surface area (Å²) in [5, 5.41) is 4.99. The molecule has 7 nitrogen and oxygen atoms in total. The highest BCUT2D eigenvalue weighted by atomic mass is 35.5. The minimum atomic E-state index is -0.364. The van der Waals surface area contributed by atoms with E-state index in [4.69, 9.17) is 17.3 Å². The minimum absolute atomic E-state index is 0.0203. The topological polar surface area (TPSA) is 85.6 Å². The van der Waals surface area contributed by atoms with Gasteiger partial charge >= 0.3 is 5.69 Å². The molecular weight excluding hydrogens is 474 g/mol. The number of rotatable bonds is 9. The van der Waals surface area contributed by atoms with E-state index in [1.165, 1.54) is 4.52 Å². The van der Waals surface area contributed by atoms with Crippen LogP contribution in [0.4, 0.5) is 0 Å². The van der Waals surface area contributed by atoms with Crippen molar-refractivity contribution in [2.75, 3.05) is 13.1 Å². The van der Waals surface area contributed by atoms with Gasteiger partial charge in [0.15, 0.2) is 0 Å². The molecule has 1 amide bonds. The lowest BCUT2D eigenvalue weighted by Gasteiger charge is -2.36. The first kappa shape index (κ1) is 25.7. The summed E-state index contributed by atoms with van der Waals surface area (Å²) in [7, 11) is 0. The van der Waals surface area contributed by atoms with E-state index in [0.717, 1.165) is 17.0 Å². The Hall–Kier alpha value is -3.42. The molecule has 0 saturated heterocycles. The molecule has 36 heavy (non-hydrogen) atoms. The highest BCUT2D eigenvalue weighted by Gasteiger charge is 2.31. The molecule has 4 rings (SSSR count). The lowest BCUT2D eigenvalue weighted by atomic mass is 9.96. The number of amides is 1. The van der Waals surface area contributed by atoms with E-state index in [-0.39, 0.29) is 23.6 Å². The van der Waals surface area contributed by atoms with Gasteiger partial charge in [-0.05, 0) is 67.8 Å². The maximum absolute atomic E-state index is 13.8. The summed E-state index contributed by atoms with van der Waals surface area (Å²) < 4.78 is 3.18. The Morgan fingerprint density at radius 2 is 1.78 bits per heavy atom. The van der Waals surface area contributed by atoms with Crippen molar-refractivity contribution >= 4 is 23.0 Å². The highest BCUT2D eigenvalue weighted by Crippen LogP contribution is 2.31. The molecule has 188 valence electrons. The Morgan fingerprint density at radius 3 is 2.42 bits per heavy atom. The average molecular weight is 506 g/mol. The van der Waals surface area contributed by atoms with Gasteiger partial charge in [-0.25, -0.2) is 4.79 Å². The number of aryl methyl sites for hydroxylation is 1. The zero-order valence-corrected chi connectivity index (χ0v) is 21.7. The zero-order chi connectivity index (χ0) is 25.8. The van der Waals surface area contributed by atoms with Crippen LogP contribution in [0.2, 0.25) is 5.02 Å². The molecule has 0 radical (unpaired) electrons. The van der Waals surface area contributed by atoms with Crippen LogP contribution in [0.15, 0.2) is 71.5 Å². The van der Waals surface area contributed by atoms with Crippen molar-refractivity contribution in [2.45, 2.75) is 39.8 Å². The number of carbonyl (C=O) groups excluding carboxylic acids is 1. The molecule has 1 unspecified atom stereocenters. The monoisotopic (exact) mass is 505 g/mol. The fourth-order valence-electron chi connectivity index (χ4n) is 4.65. The molecule has 2 aromatic carbocycles. The Balaban J connectivity index is 1.90. The van der Waals surface area contributed by atoms with Crippen molar-refractivity contribution in [1.29, 1.82) is 0 Å².